The van der Waals surface area contributed by atoms with Crippen LogP contribution in [0.1, 0.15) is 47.5 Å². The van der Waals surface area contributed by atoms with Crippen LogP contribution >= 0.6 is 0 Å². The molecule has 1 aromatic carbocycles. The average molecular weight is 339 g/mol. The van der Waals surface area contributed by atoms with Crippen LogP contribution in [0.5, 0.6) is 0 Å². The van der Waals surface area contributed by atoms with Crippen molar-refractivity contribution in [2.24, 2.45) is 11.0 Å². The van der Waals surface area contributed by atoms with Gasteiger partial charge in [0.15, 0.2) is 0 Å². The van der Waals surface area contributed by atoms with Gasteiger partial charge in [-0.15, -0.1) is 0 Å². The molecule has 0 saturated heterocycles. The van der Waals surface area contributed by atoms with Crippen molar-refractivity contribution in [3.05, 3.63) is 52.5 Å². The Balaban J connectivity index is 1.49. The number of amides is 1. The molecule has 132 valence electrons. The van der Waals surface area contributed by atoms with Gasteiger partial charge < -0.3 is 9.73 Å². The molecule has 0 unspecified atom stereocenters. The molecule has 1 saturated carbocycles. The van der Waals surface area contributed by atoms with Crippen LogP contribution < -0.4 is 10.7 Å². The predicted molar refractivity (Wildman–Crippen MR) is 100 cm³/mol. The minimum atomic E-state index is -0.196. The number of hydrazone groups is 1. The highest BCUT2D eigenvalue weighted by molar-refractivity contribution is 5.83. The monoisotopic (exact) mass is 339 g/mol. The van der Waals surface area contributed by atoms with Crippen molar-refractivity contribution in [3.8, 4) is 0 Å². The van der Waals surface area contributed by atoms with Gasteiger partial charge in [0.1, 0.15) is 11.5 Å². The number of hydrogen-bond donors (Lipinski definition) is 2. The standard InChI is InChI=1S/C20H25N3O2/c1-12-7-14(3)20(15(4)8-12)21-11-19(24)23-22-10-16-5-6-18(25-16)17-9-13(17)2/h5-8,10,13,17,21H,9,11H2,1-4H3,(H,23,24)/b22-10-/t13-,17-/m0/s1. The first kappa shape index (κ1) is 17.3. The van der Waals surface area contributed by atoms with Crippen LogP contribution in [0.2, 0.25) is 0 Å². The third kappa shape index (κ3) is 4.29. The summed E-state index contributed by atoms with van der Waals surface area (Å²) in [6, 6.07) is 8.07. The number of furan rings is 1. The summed E-state index contributed by atoms with van der Waals surface area (Å²) in [5.74, 6) is 2.72. The largest absolute Gasteiger partial charge is 0.460 e. The van der Waals surface area contributed by atoms with Gasteiger partial charge in [0.2, 0.25) is 0 Å². The maximum absolute atomic E-state index is 11.9. The van der Waals surface area contributed by atoms with E-state index < -0.39 is 0 Å². The predicted octanol–water partition coefficient (Wildman–Crippen LogP) is 3.89. The second-order valence-electron chi connectivity index (χ2n) is 6.98. The quantitative estimate of drug-likeness (QED) is 0.620. The van der Waals surface area contributed by atoms with E-state index in [9.17, 15) is 4.79 Å². The molecule has 2 aromatic rings. The molecular weight excluding hydrogens is 314 g/mol. The van der Waals surface area contributed by atoms with Crippen molar-refractivity contribution in [2.45, 2.75) is 40.0 Å². The molecule has 0 radical (unpaired) electrons. The highest BCUT2D eigenvalue weighted by Crippen LogP contribution is 2.47. The number of anilines is 1. The Morgan fingerprint density at radius 1 is 1.28 bits per heavy atom. The van der Waals surface area contributed by atoms with Crippen LogP contribution in [0.25, 0.3) is 0 Å². The van der Waals surface area contributed by atoms with Gasteiger partial charge in [-0.25, -0.2) is 5.43 Å². The summed E-state index contributed by atoms with van der Waals surface area (Å²) in [7, 11) is 0. The highest BCUT2D eigenvalue weighted by atomic mass is 16.3. The van der Waals surface area contributed by atoms with Crippen molar-refractivity contribution in [3.63, 3.8) is 0 Å². The fourth-order valence-electron chi connectivity index (χ4n) is 3.19. The third-order valence-corrected chi connectivity index (χ3v) is 4.61. The summed E-state index contributed by atoms with van der Waals surface area (Å²) in [5, 5.41) is 7.15. The van der Waals surface area contributed by atoms with Crippen LogP contribution in [0, 0.1) is 26.7 Å². The summed E-state index contributed by atoms with van der Waals surface area (Å²) in [6.07, 6.45) is 2.72. The molecule has 2 atom stereocenters. The lowest BCUT2D eigenvalue weighted by Gasteiger charge is -2.13. The van der Waals surface area contributed by atoms with Crippen LogP contribution in [0.3, 0.4) is 0 Å². The van der Waals surface area contributed by atoms with E-state index in [2.05, 4.69) is 41.8 Å². The Bertz CT molecular complexity index is 784. The number of aryl methyl sites for hydroxylation is 3. The lowest BCUT2D eigenvalue weighted by Crippen LogP contribution is -2.26. The van der Waals surface area contributed by atoms with Crippen LogP contribution in [0.4, 0.5) is 5.69 Å². The van der Waals surface area contributed by atoms with Crippen molar-refractivity contribution < 1.29 is 9.21 Å². The molecule has 5 nitrogen and oxygen atoms in total. The number of nitrogens with zero attached hydrogens (tertiary/aromatic N) is 1. The van der Waals surface area contributed by atoms with Crippen LogP contribution in [-0.4, -0.2) is 18.7 Å². The maximum atomic E-state index is 11.9. The SMILES string of the molecule is Cc1cc(C)c(NCC(=O)N/N=C\c2ccc([C@H]3C[C@@H]3C)o2)c(C)c1. The Labute approximate surface area is 148 Å². The molecule has 2 N–H and O–H groups in total. The minimum absolute atomic E-state index is 0.172. The third-order valence-electron chi connectivity index (χ3n) is 4.61. The van der Waals surface area contributed by atoms with E-state index in [1.807, 2.05) is 26.0 Å². The molecule has 1 aromatic heterocycles. The smallest absolute Gasteiger partial charge is 0.259 e. The first-order valence-corrected chi connectivity index (χ1v) is 8.67. The lowest BCUT2D eigenvalue weighted by atomic mass is 10.1. The van der Waals surface area contributed by atoms with Crippen molar-refractivity contribution in [1.29, 1.82) is 0 Å². The Morgan fingerprint density at radius 3 is 2.60 bits per heavy atom. The van der Waals surface area contributed by atoms with Gasteiger partial charge >= 0.3 is 0 Å². The van der Waals surface area contributed by atoms with Crippen molar-refractivity contribution in [2.75, 3.05) is 11.9 Å². The minimum Gasteiger partial charge on any atom is -0.460 e. The highest BCUT2D eigenvalue weighted by Gasteiger charge is 2.36. The molecule has 1 aliphatic carbocycles. The van der Waals surface area contributed by atoms with Gasteiger partial charge in [-0.05, 0) is 56.4 Å². The zero-order valence-electron chi connectivity index (χ0n) is 15.2. The van der Waals surface area contributed by atoms with Gasteiger partial charge in [-0.2, -0.15) is 5.10 Å². The molecule has 0 bridgehead atoms. The molecule has 1 heterocycles. The fraction of sp³-hybridized carbons (Fsp3) is 0.400. The molecule has 0 spiro atoms. The Hall–Kier alpha value is -2.56. The summed E-state index contributed by atoms with van der Waals surface area (Å²) < 4.78 is 5.72. The number of carbonyl (C=O) groups excluding carboxylic acids is 1. The van der Waals surface area contributed by atoms with Crippen molar-refractivity contribution >= 4 is 17.8 Å². The molecule has 3 rings (SSSR count). The number of hydrogen-bond acceptors (Lipinski definition) is 4. The number of carbonyl (C=O) groups is 1. The topological polar surface area (TPSA) is 66.6 Å². The zero-order valence-corrected chi connectivity index (χ0v) is 15.2. The molecule has 5 heteroatoms. The number of benzene rings is 1. The average Bonchev–Trinajstić information content (AvgIpc) is 3.07. The molecule has 1 amide bonds. The molecular formula is C20H25N3O2. The Morgan fingerprint density at radius 2 is 1.96 bits per heavy atom. The summed E-state index contributed by atoms with van der Waals surface area (Å²) in [6.45, 7) is 8.52. The van der Waals surface area contributed by atoms with Gasteiger partial charge in [0.05, 0.1) is 12.8 Å². The van der Waals surface area contributed by atoms with Crippen molar-refractivity contribution in [1.82, 2.24) is 5.43 Å². The number of rotatable bonds is 6. The second-order valence-corrected chi connectivity index (χ2v) is 6.98. The first-order chi connectivity index (χ1) is 11.9. The summed E-state index contributed by atoms with van der Waals surface area (Å²) in [4.78, 5) is 11.9. The molecule has 1 fully saturated rings. The molecule has 1 aliphatic rings. The van der Waals surface area contributed by atoms with Gasteiger partial charge in [-0.3, -0.25) is 4.79 Å². The number of nitrogens with one attached hydrogen (secondary N) is 2. The molecule has 25 heavy (non-hydrogen) atoms. The summed E-state index contributed by atoms with van der Waals surface area (Å²) in [5.41, 5.74) is 7.00. The van der Waals surface area contributed by atoms with Gasteiger partial charge in [-0.1, -0.05) is 24.6 Å². The lowest BCUT2D eigenvalue weighted by molar-refractivity contribution is -0.119. The van der Waals surface area contributed by atoms with Gasteiger partial charge in [0.25, 0.3) is 5.91 Å². The van der Waals surface area contributed by atoms with Gasteiger partial charge in [0, 0.05) is 11.6 Å². The zero-order chi connectivity index (χ0) is 18.0. The second kappa shape index (κ2) is 7.13. The first-order valence-electron chi connectivity index (χ1n) is 8.67. The van der Waals surface area contributed by atoms with E-state index >= 15 is 0 Å². The van der Waals surface area contributed by atoms with Crippen LogP contribution in [-0.2, 0) is 4.79 Å². The van der Waals surface area contributed by atoms with E-state index in [0.29, 0.717) is 17.6 Å². The van der Waals surface area contributed by atoms with E-state index in [1.165, 1.54) is 18.2 Å². The van der Waals surface area contributed by atoms with Crippen LogP contribution in [0.15, 0.2) is 33.8 Å². The molecule has 0 aliphatic heterocycles. The van der Waals surface area contributed by atoms with E-state index in [0.717, 1.165) is 22.6 Å². The van der Waals surface area contributed by atoms with E-state index in [1.54, 1.807) is 0 Å². The van der Waals surface area contributed by atoms with E-state index in [-0.39, 0.29) is 12.5 Å². The summed E-state index contributed by atoms with van der Waals surface area (Å²) >= 11 is 0. The Kier molecular flexibility index (Phi) is 4.93. The van der Waals surface area contributed by atoms with E-state index in [4.69, 9.17) is 4.42 Å². The maximum Gasteiger partial charge on any atom is 0.259 e. The normalized spacial score (nSPS) is 19.2. The fourth-order valence-corrected chi connectivity index (χ4v) is 3.19.